The summed E-state index contributed by atoms with van der Waals surface area (Å²) in [5, 5.41) is 24.5. The number of ether oxygens (including phenoxy) is 1. The first-order valence-electron chi connectivity index (χ1n) is 8.01. The summed E-state index contributed by atoms with van der Waals surface area (Å²) >= 11 is 0. The SMILES string of the molecule is Cc1nn(C)c2c1C(c1ccc(-n3ccnc3)cc1)C(O[N+](=O)[O-])=C(O)O2. The minimum atomic E-state index is -0.974. The fourth-order valence-electron chi connectivity index (χ4n) is 3.24. The van der Waals surface area contributed by atoms with Crippen molar-refractivity contribution in [3.63, 3.8) is 0 Å². The van der Waals surface area contributed by atoms with Crippen molar-refractivity contribution in [3.8, 4) is 11.6 Å². The highest BCUT2D eigenvalue weighted by Gasteiger charge is 2.38. The summed E-state index contributed by atoms with van der Waals surface area (Å²) in [5.41, 5.74) is 2.77. The van der Waals surface area contributed by atoms with Gasteiger partial charge in [-0.25, -0.2) is 9.67 Å². The summed E-state index contributed by atoms with van der Waals surface area (Å²) in [5.74, 6) is -1.38. The Kier molecular flexibility index (Phi) is 3.80. The molecule has 1 N–H and O–H groups in total. The molecule has 2 aromatic heterocycles. The number of aromatic nitrogens is 4. The third-order valence-electron chi connectivity index (χ3n) is 4.37. The number of imidazole rings is 1. The first kappa shape index (κ1) is 16.6. The maximum absolute atomic E-state index is 11.0. The zero-order chi connectivity index (χ0) is 19.1. The molecule has 0 saturated carbocycles. The second-order valence-electron chi connectivity index (χ2n) is 6.01. The van der Waals surface area contributed by atoms with Gasteiger partial charge in [0.05, 0.1) is 23.5 Å². The average molecular weight is 369 g/mol. The number of benzene rings is 1. The van der Waals surface area contributed by atoms with Crippen molar-refractivity contribution >= 4 is 0 Å². The molecule has 1 aliphatic heterocycles. The zero-order valence-electron chi connectivity index (χ0n) is 14.4. The molecule has 0 bridgehead atoms. The summed E-state index contributed by atoms with van der Waals surface area (Å²) in [6.45, 7) is 1.77. The zero-order valence-corrected chi connectivity index (χ0v) is 14.4. The van der Waals surface area contributed by atoms with E-state index in [-0.39, 0.29) is 5.76 Å². The molecule has 0 saturated heterocycles. The highest BCUT2D eigenvalue weighted by atomic mass is 17.0. The molecule has 4 rings (SSSR count). The Balaban J connectivity index is 1.83. The Morgan fingerprint density at radius 1 is 1.33 bits per heavy atom. The van der Waals surface area contributed by atoms with E-state index < -0.39 is 16.9 Å². The van der Waals surface area contributed by atoms with Crippen LogP contribution in [0.2, 0.25) is 0 Å². The minimum absolute atomic E-state index is 0.293. The second-order valence-corrected chi connectivity index (χ2v) is 6.01. The van der Waals surface area contributed by atoms with Crippen molar-refractivity contribution < 1.29 is 19.8 Å². The minimum Gasteiger partial charge on any atom is -0.479 e. The van der Waals surface area contributed by atoms with E-state index in [4.69, 9.17) is 4.74 Å². The number of hydrogen-bond acceptors (Lipinski definition) is 7. The van der Waals surface area contributed by atoms with Crippen molar-refractivity contribution in [2.24, 2.45) is 7.05 Å². The molecule has 3 heterocycles. The first-order chi connectivity index (χ1) is 13.0. The Hall–Kier alpha value is -3.82. The van der Waals surface area contributed by atoms with Gasteiger partial charge in [-0.3, -0.25) is 4.84 Å². The van der Waals surface area contributed by atoms with Crippen LogP contribution in [-0.4, -0.2) is 29.5 Å². The van der Waals surface area contributed by atoms with E-state index in [0.29, 0.717) is 22.7 Å². The highest BCUT2D eigenvalue weighted by molar-refractivity contribution is 5.50. The van der Waals surface area contributed by atoms with Gasteiger partial charge in [-0.05, 0) is 24.6 Å². The van der Waals surface area contributed by atoms with Crippen molar-refractivity contribution in [2.75, 3.05) is 0 Å². The van der Waals surface area contributed by atoms with Gasteiger partial charge in [-0.2, -0.15) is 5.10 Å². The molecule has 3 aromatic rings. The predicted molar refractivity (Wildman–Crippen MR) is 91.7 cm³/mol. The van der Waals surface area contributed by atoms with Crippen LogP contribution in [0.4, 0.5) is 0 Å². The molecule has 0 spiro atoms. The fraction of sp³-hybridized carbons (Fsp3) is 0.176. The van der Waals surface area contributed by atoms with Crippen LogP contribution in [0, 0.1) is 17.0 Å². The molecule has 0 fully saturated rings. The Morgan fingerprint density at radius 3 is 2.70 bits per heavy atom. The van der Waals surface area contributed by atoms with Crippen LogP contribution < -0.4 is 4.74 Å². The van der Waals surface area contributed by atoms with Gasteiger partial charge in [0.25, 0.3) is 5.09 Å². The molecule has 1 aliphatic rings. The van der Waals surface area contributed by atoms with Gasteiger partial charge in [0, 0.05) is 25.1 Å². The van der Waals surface area contributed by atoms with E-state index in [1.54, 1.807) is 44.8 Å². The Labute approximate surface area is 153 Å². The molecule has 0 aliphatic carbocycles. The van der Waals surface area contributed by atoms with E-state index in [1.807, 2.05) is 16.7 Å². The van der Waals surface area contributed by atoms with E-state index in [9.17, 15) is 15.2 Å². The maximum atomic E-state index is 11.0. The third-order valence-corrected chi connectivity index (χ3v) is 4.37. The smallest absolute Gasteiger partial charge is 0.311 e. The van der Waals surface area contributed by atoms with E-state index in [1.165, 1.54) is 4.68 Å². The first-order valence-corrected chi connectivity index (χ1v) is 8.01. The van der Waals surface area contributed by atoms with Gasteiger partial charge in [0.15, 0.2) is 5.76 Å². The van der Waals surface area contributed by atoms with Gasteiger partial charge in [-0.1, -0.05) is 12.1 Å². The molecule has 27 heavy (non-hydrogen) atoms. The average Bonchev–Trinajstić information content (AvgIpc) is 3.25. The molecule has 0 radical (unpaired) electrons. The lowest BCUT2D eigenvalue weighted by molar-refractivity contribution is -0.744. The molecule has 0 amide bonds. The second kappa shape index (κ2) is 6.16. The van der Waals surface area contributed by atoms with Crippen LogP contribution in [0.25, 0.3) is 5.69 Å². The van der Waals surface area contributed by atoms with Crippen LogP contribution in [0.3, 0.4) is 0 Å². The maximum Gasteiger partial charge on any atom is 0.311 e. The van der Waals surface area contributed by atoms with E-state index >= 15 is 0 Å². The predicted octanol–water partition coefficient (Wildman–Crippen LogP) is 2.37. The lowest BCUT2D eigenvalue weighted by atomic mass is 9.88. The monoisotopic (exact) mass is 369 g/mol. The lowest BCUT2D eigenvalue weighted by Gasteiger charge is -2.25. The summed E-state index contributed by atoms with van der Waals surface area (Å²) in [4.78, 5) is 19.6. The number of hydrogen-bond donors (Lipinski definition) is 1. The molecule has 138 valence electrons. The van der Waals surface area contributed by atoms with E-state index in [2.05, 4.69) is 14.9 Å². The molecule has 1 unspecified atom stereocenters. The lowest BCUT2D eigenvalue weighted by Crippen LogP contribution is -2.21. The summed E-state index contributed by atoms with van der Waals surface area (Å²) in [6.07, 6.45) is 5.14. The van der Waals surface area contributed by atoms with Gasteiger partial charge in [-0.15, -0.1) is 10.1 Å². The van der Waals surface area contributed by atoms with Gasteiger partial charge in [0.2, 0.25) is 5.88 Å². The standard InChI is InChI=1S/C17H15N5O5/c1-10-13-14(11-3-5-12(6-4-11)21-8-7-18-9-21)15(27-22(24)25)17(23)26-16(13)20(2)19-10/h3-9,14,23H,1-2H3. The van der Waals surface area contributed by atoms with Crippen molar-refractivity contribution in [1.82, 2.24) is 19.3 Å². The number of aryl methyl sites for hydroxylation is 2. The van der Waals surface area contributed by atoms with Crippen LogP contribution in [0.5, 0.6) is 5.88 Å². The Morgan fingerprint density at radius 2 is 2.07 bits per heavy atom. The quantitative estimate of drug-likeness (QED) is 0.554. The summed E-state index contributed by atoms with van der Waals surface area (Å²) in [6, 6.07) is 7.30. The number of allylic oxidation sites excluding steroid dienone is 1. The van der Waals surface area contributed by atoms with Gasteiger partial charge >= 0.3 is 5.95 Å². The molecule has 10 heteroatoms. The molecule has 1 atom stereocenters. The number of aliphatic hydroxyl groups is 1. The summed E-state index contributed by atoms with van der Waals surface area (Å²) < 4.78 is 8.62. The number of fused-ring (bicyclic) bond motifs is 1. The molecule has 10 nitrogen and oxygen atoms in total. The largest absolute Gasteiger partial charge is 0.479 e. The Bertz CT molecular complexity index is 1040. The van der Waals surface area contributed by atoms with Crippen LogP contribution in [-0.2, 0) is 11.9 Å². The van der Waals surface area contributed by atoms with Crippen LogP contribution in [0.15, 0.2) is 54.7 Å². The van der Waals surface area contributed by atoms with Crippen molar-refractivity contribution in [1.29, 1.82) is 0 Å². The van der Waals surface area contributed by atoms with E-state index in [0.717, 1.165) is 5.69 Å². The van der Waals surface area contributed by atoms with Crippen LogP contribution in [0.1, 0.15) is 22.7 Å². The van der Waals surface area contributed by atoms with Crippen molar-refractivity contribution in [3.05, 3.63) is 81.6 Å². The number of rotatable bonds is 4. The summed E-state index contributed by atoms with van der Waals surface area (Å²) in [7, 11) is 1.66. The molecular formula is C17H15N5O5. The number of nitrogens with zero attached hydrogens (tertiary/aromatic N) is 5. The number of aliphatic hydroxyl groups excluding tert-OH is 1. The molecular weight excluding hydrogens is 354 g/mol. The van der Waals surface area contributed by atoms with Crippen LogP contribution >= 0.6 is 0 Å². The molecule has 1 aromatic carbocycles. The van der Waals surface area contributed by atoms with Gasteiger partial charge in [0.1, 0.15) is 0 Å². The highest BCUT2D eigenvalue weighted by Crippen LogP contribution is 2.44. The third kappa shape index (κ3) is 2.76. The topological polar surface area (TPSA) is 117 Å². The van der Waals surface area contributed by atoms with Crippen molar-refractivity contribution in [2.45, 2.75) is 12.8 Å². The fourth-order valence-corrected chi connectivity index (χ4v) is 3.24. The normalized spacial score (nSPS) is 16.0. The van der Waals surface area contributed by atoms with Gasteiger partial charge < -0.3 is 14.4 Å².